The van der Waals surface area contributed by atoms with Crippen LogP contribution in [0.4, 0.5) is 0 Å². The summed E-state index contributed by atoms with van der Waals surface area (Å²) in [5.74, 6) is -1.01. The summed E-state index contributed by atoms with van der Waals surface area (Å²) in [4.78, 5) is 22.1. The molecule has 6 heteroatoms. The summed E-state index contributed by atoms with van der Waals surface area (Å²) in [6, 6.07) is 8.95. The van der Waals surface area contributed by atoms with Crippen molar-refractivity contribution in [1.82, 2.24) is 5.32 Å². The Labute approximate surface area is 139 Å². The molecule has 2 unspecified atom stereocenters. The maximum absolute atomic E-state index is 11.3. The summed E-state index contributed by atoms with van der Waals surface area (Å²) < 4.78 is 0. The van der Waals surface area contributed by atoms with Gasteiger partial charge in [0.05, 0.1) is 0 Å². The van der Waals surface area contributed by atoms with E-state index >= 15 is 0 Å². The number of hydrogen-bond acceptors (Lipinski definition) is 4. The lowest BCUT2D eigenvalue weighted by Gasteiger charge is -2.29. The van der Waals surface area contributed by atoms with Crippen LogP contribution in [0.15, 0.2) is 47.7 Å². The molecule has 0 radical (unpaired) electrons. The van der Waals surface area contributed by atoms with Crippen LogP contribution in [0.1, 0.15) is 38.4 Å². The molecule has 5 nitrogen and oxygen atoms in total. The molecule has 0 aliphatic carbocycles. The normalized spacial score (nSPS) is 16.0. The van der Waals surface area contributed by atoms with Crippen LogP contribution in [-0.4, -0.2) is 28.7 Å². The Morgan fingerprint density at radius 2 is 1.96 bits per heavy atom. The lowest BCUT2D eigenvalue weighted by molar-refractivity contribution is -0.131. The number of benzene rings is 1. The summed E-state index contributed by atoms with van der Waals surface area (Å²) in [5.41, 5.74) is 0.694. The Balaban J connectivity index is 2.89. The fourth-order valence-corrected chi connectivity index (χ4v) is 2.80. The molecule has 0 spiro atoms. The quantitative estimate of drug-likeness (QED) is 0.432. The van der Waals surface area contributed by atoms with E-state index in [1.165, 1.54) is 0 Å². The predicted octanol–water partition coefficient (Wildman–Crippen LogP) is 3.53. The first kappa shape index (κ1) is 19.5. The van der Waals surface area contributed by atoms with Gasteiger partial charge in [-0.05, 0) is 32.8 Å². The molecule has 2 N–H and O–H groups in total. The molecule has 1 rings (SSSR count). The Kier molecular flexibility index (Phi) is 7.53. The maximum atomic E-state index is 11.3. The number of nitrogens with zero attached hydrogens (tertiary/aromatic N) is 1. The third-order valence-electron chi connectivity index (χ3n) is 3.32. The zero-order valence-corrected chi connectivity index (χ0v) is 14.9. The van der Waals surface area contributed by atoms with Crippen LogP contribution in [0, 0.1) is 4.91 Å². The number of hydrogen-bond donors (Lipinski definition) is 2. The van der Waals surface area contributed by atoms with Crippen LogP contribution in [0.5, 0.6) is 0 Å². The molecular weight excluding hydrogens is 311 g/mol. The largest absolute Gasteiger partial charge is 0.478 e. The van der Waals surface area contributed by atoms with Crippen LogP contribution < -0.4 is 5.32 Å². The van der Waals surface area contributed by atoms with E-state index in [0.29, 0.717) is 6.42 Å². The Hall–Kier alpha value is -1.58. The van der Waals surface area contributed by atoms with Gasteiger partial charge in [0.25, 0.3) is 0 Å². The first-order chi connectivity index (χ1) is 10.7. The minimum atomic E-state index is -1.01. The van der Waals surface area contributed by atoms with E-state index in [1.54, 1.807) is 6.08 Å². The number of nitrogens with one attached hydrogen (secondary N) is 1. The van der Waals surface area contributed by atoms with E-state index < -0.39 is 12.0 Å². The summed E-state index contributed by atoms with van der Waals surface area (Å²) in [6.45, 7) is 5.98. The average Bonchev–Trinajstić information content (AvgIpc) is 2.48. The van der Waals surface area contributed by atoms with Crippen LogP contribution in [0.25, 0.3) is 0 Å². The third-order valence-corrected chi connectivity index (χ3v) is 4.15. The van der Waals surface area contributed by atoms with Gasteiger partial charge in [0.2, 0.25) is 0 Å². The van der Waals surface area contributed by atoms with Crippen LogP contribution in [0.2, 0.25) is 0 Å². The zero-order valence-electron chi connectivity index (χ0n) is 13.8. The molecule has 0 heterocycles. The minimum absolute atomic E-state index is 0.115. The molecule has 1 aromatic rings. The second-order valence-corrected chi connectivity index (χ2v) is 7.26. The SMILES string of the molecule is CC(C)(C)NC(/C=C\C(=O)O)C[C@@H](N=O)[C@H](P)c1ccccc1. The molecule has 0 bridgehead atoms. The van der Waals surface area contributed by atoms with Gasteiger partial charge >= 0.3 is 5.97 Å². The van der Waals surface area contributed by atoms with Gasteiger partial charge in [0.15, 0.2) is 0 Å². The number of carboxylic acid groups (broad SMARTS) is 1. The van der Waals surface area contributed by atoms with Crippen molar-refractivity contribution in [3.05, 3.63) is 53.0 Å². The molecule has 0 aliphatic rings. The highest BCUT2D eigenvalue weighted by Gasteiger charge is 2.25. The molecule has 126 valence electrons. The van der Waals surface area contributed by atoms with Crippen LogP contribution in [0.3, 0.4) is 0 Å². The zero-order chi connectivity index (χ0) is 17.5. The van der Waals surface area contributed by atoms with Gasteiger partial charge < -0.3 is 10.4 Å². The standard InChI is InChI=1S/C17H25N2O3P/c1-17(2,3)18-13(9-10-15(20)21)11-14(19-22)16(23)12-7-5-4-6-8-12/h4-10,13-14,16,18H,11,23H2,1-3H3,(H,20,21)/b10-9-/t13?,14-,16-/m1/s1. The monoisotopic (exact) mass is 336 g/mol. The van der Waals surface area contributed by atoms with E-state index in [9.17, 15) is 9.70 Å². The fraction of sp³-hybridized carbons (Fsp3) is 0.471. The minimum Gasteiger partial charge on any atom is -0.478 e. The van der Waals surface area contributed by atoms with E-state index in [4.69, 9.17) is 5.11 Å². The number of carbonyl (C=O) groups is 1. The number of aliphatic carboxylic acids is 1. The number of nitroso groups, excluding NO2 is 1. The van der Waals surface area contributed by atoms with Crippen molar-refractivity contribution in [1.29, 1.82) is 0 Å². The highest BCUT2D eigenvalue weighted by atomic mass is 31.0. The molecule has 0 aliphatic heterocycles. The van der Waals surface area contributed by atoms with Crippen molar-refractivity contribution in [2.24, 2.45) is 5.18 Å². The molecule has 0 fully saturated rings. The molecule has 4 atom stereocenters. The smallest absolute Gasteiger partial charge is 0.328 e. The molecular formula is C17H25N2O3P. The van der Waals surface area contributed by atoms with Gasteiger partial charge in [-0.3, -0.25) is 0 Å². The van der Waals surface area contributed by atoms with Gasteiger partial charge in [-0.25, -0.2) is 4.79 Å². The van der Waals surface area contributed by atoms with E-state index in [-0.39, 0.29) is 17.2 Å². The summed E-state index contributed by atoms with van der Waals surface area (Å²) in [5, 5.41) is 15.4. The van der Waals surface area contributed by atoms with E-state index in [2.05, 4.69) is 19.7 Å². The lowest BCUT2D eigenvalue weighted by Crippen LogP contribution is -2.44. The van der Waals surface area contributed by atoms with Gasteiger partial charge in [-0.15, -0.1) is 9.24 Å². The fourth-order valence-electron chi connectivity index (χ4n) is 2.35. The Morgan fingerprint density at radius 3 is 2.43 bits per heavy atom. The van der Waals surface area contributed by atoms with E-state index in [0.717, 1.165) is 11.6 Å². The van der Waals surface area contributed by atoms with Gasteiger partial charge in [0, 0.05) is 23.3 Å². The van der Waals surface area contributed by atoms with Crippen molar-refractivity contribution in [3.63, 3.8) is 0 Å². The first-order valence-electron chi connectivity index (χ1n) is 7.55. The van der Waals surface area contributed by atoms with Crippen molar-refractivity contribution in [3.8, 4) is 0 Å². The summed E-state index contributed by atoms with van der Waals surface area (Å²) in [6.07, 6.45) is 3.10. The number of rotatable bonds is 8. The van der Waals surface area contributed by atoms with Crippen LogP contribution >= 0.6 is 9.24 Å². The van der Waals surface area contributed by atoms with Gasteiger partial charge in [-0.1, -0.05) is 41.6 Å². The maximum Gasteiger partial charge on any atom is 0.328 e. The van der Waals surface area contributed by atoms with Crippen LogP contribution in [-0.2, 0) is 4.79 Å². The molecule has 0 aromatic heterocycles. The number of carboxylic acids is 1. The predicted molar refractivity (Wildman–Crippen MR) is 96.5 cm³/mol. The first-order valence-corrected chi connectivity index (χ1v) is 8.21. The van der Waals surface area contributed by atoms with Gasteiger partial charge in [0.1, 0.15) is 6.04 Å². The Bertz CT molecular complexity index is 541. The molecule has 0 saturated carbocycles. The second kappa shape index (κ2) is 8.90. The van der Waals surface area contributed by atoms with Crippen molar-refractivity contribution in [2.45, 2.75) is 50.5 Å². The van der Waals surface area contributed by atoms with Crippen molar-refractivity contribution in [2.75, 3.05) is 0 Å². The topological polar surface area (TPSA) is 78.8 Å². The van der Waals surface area contributed by atoms with Crippen molar-refractivity contribution >= 4 is 15.2 Å². The lowest BCUT2D eigenvalue weighted by atomic mass is 9.97. The molecule has 0 saturated heterocycles. The summed E-state index contributed by atoms with van der Waals surface area (Å²) in [7, 11) is 2.67. The molecule has 1 aromatic carbocycles. The average molecular weight is 336 g/mol. The van der Waals surface area contributed by atoms with Gasteiger partial charge in [-0.2, -0.15) is 4.91 Å². The third kappa shape index (κ3) is 7.49. The molecule has 23 heavy (non-hydrogen) atoms. The van der Waals surface area contributed by atoms with E-state index in [1.807, 2.05) is 51.1 Å². The Morgan fingerprint density at radius 1 is 1.35 bits per heavy atom. The second-order valence-electron chi connectivity index (χ2n) is 6.54. The highest BCUT2D eigenvalue weighted by molar-refractivity contribution is 7.17. The highest BCUT2D eigenvalue weighted by Crippen LogP contribution is 2.31. The molecule has 0 amide bonds. The van der Waals surface area contributed by atoms with Crippen molar-refractivity contribution < 1.29 is 9.90 Å². The summed E-state index contributed by atoms with van der Waals surface area (Å²) >= 11 is 0.